The number of thioether (sulfide) groups is 1. The van der Waals surface area contributed by atoms with Crippen molar-refractivity contribution in [3.05, 3.63) is 65.3 Å². The summed E-state index contributed by atoms with van der Waals surface area (Å²) in [6.45, 7) is 0. The Morgan fingerprint density at radius 3 is 2.85 bits per heavy atom. The van der Waals surface area contributed by atoms with Crippen LogP contribution in [0.2, 0.25) is 0 Å². The summed E-state index contributed by atoms with van der Waals surface area (Å²) in [5.41, 5.74) is 2.64. The molecule has 0 aliphatic rings. The minimum atomic E-state index is -0.287. The van der Waals surface area contributed by atoms with Gasteiger partial charge < -0.3 is 10.1 Å². The highest BCUT2D eigenvalue weighted by atomic mass is 32.2. The van der Waals surface area contributed by atoms with E-state index in [1.807, 2.05) is 29.6 Å². The van der Waals surface area contributed by atoms with E-state index in [1.54, 1.807) is 19.2 Å². The summed E-state index contributed by atoms with van der Waals surface area (Å²) in [4.78, 5) is 16.5. The average molecular weight is 388 g/mol. The van der Waals surface area contributed by atoms with Crippen LogP contribution in [-0.2, 0) is 10.5 Å². The van der Waals surface area contributed by atoms with Crippen molar-refractivity contribution >= 4 is 34.1 Å². The fourth-order valence-corrected chi connectivity index (χ4v) is 3.77. The van der Waals surface area contributed by atoms with Gasteiger partial charge in [0, 0.05) is 16.7 Å². The number of halogens is 1. The Morgan fingerprint density at radius 2 is 2.08 bits per heavy atom. The van der Waals surface area contributed by atoms with Crippen molar-refractivity contribution in [3.8, 4) is 17.0 Å². The number of carbonyl (C=O) groups excluding carboxylic acids is 1. The Labute approximate surface area is 159 Å². The minimum absolute atomic E-state index is 0.0992. The van der Waals surface area contributed by atoms with Crippen LogP contribution in [-0.4, -0.2) is 23.8 Å². The first kappa shape index (κ1) is 18.4. The first-order valence-electron chi connectivity index (χ1n) is 7.86. The first-order chi connectivity index (χ1) is 12.6. The van der Waals surface area contributed by atoms with Gasteiger partial charge in [0.2, 0.25) is 5.91 Å². The van der Waals surface area contributed by atoms with Gasteiger partial charge in [-0.15, -0.1) is 23.1 Å². The maximum atomic E-state index is 13.0. The molecule has 0 saturated heterocycles. The smallest absolute Gasteiger partial charge is 0.236 e. The lowest BCUT2D eigenvalue weighted by Gasteiger charge is -2.04. The molecule has 134 valence electrons. The molecule has 0 radical (unpaired) electrons. The lowest BCUT2D eigenvalue weighted by atomic mass is 10.2. The number of thiazole rings is 1. The molecule has 0 aliphatic carbocycles. The standard InChI is InChI=1S/C19H17FN2O2S2/c1-24-16-4-2-3-13(9-16)10-25-12-18(23)22-19-21-17(11-26-19)14-5-7-15(20)8-6-14/h2-9,11H,10,12H2,1H3,(H,21,22,23). The zero-order valence-electron chi connectivity index (χ0n) is 14.1. The van der Waals surface area contributed by atoms with Crippen LogP contribution in [0.1, 0.15) is 5.56 Å². The Morgan fingerprint density at radius 1 is 1.27 bits per heavy atom. The predicted octanol–water partition coefficient (Wildman–Crippen LogP) is 4.83. The van der Waals surface area contributed by atoms with Gasteiger partial charge >= 0.3 is 0 Å². The van der Waals surface area contributed by atoms with Crippen molar-refractivity contribution < 1.29 is 13.9 Å². The van der Waals surface area contributed by atoms with Gasteiger partial charge in [-0.05, 0) is 42.0 Å². The summed E-state index contributed by atoms with van der Waals surface area (Å²) in [5, 5.41) is 5.18. The second-order valence-corrected chi connectivity index (χ2v) is 7.28. The van der Waals surface area contributed by atoms with Crippen LogP contribution < -0.4 is 10.1 Å². The summed E-state index contributed by atoms with van der Waals surface area (Å²) in [7, 11) is 1.63. The molecule has 0 atom stereocenters. The molecule has 0 bridgehead atoms. The quantitative estimate of drug-likeness (QED) is 0.630. The number of anilines is 1. The van der Waals surface area contributed by atoms with E-state index in [-0.39, 0.29) is 11.7 Å². The molecule has 4 nitrogen and oxygen atoms in total. The Balaban J connectivity index is 1.50. The number of nitrogens with zero attached hydrogens (tertiary/aromatic N) is 1. The molecule has 3 aromatic rings. The SMILES string of the molecule is COc1cccc(CSCC(=O)Nc2nc(-c3ccc(F)cc3)cs2)c1. The van der Waals surface area contributed by atoms with E-state index in [9.17, 15) is 9.18 Å². The van der Waals surface area contributed by atoms with Gasteiger partial charge in [0.1, 0.15) is 11.6 Å². The third-order valence-corrected chi connectivity index (χ3v) is 5.29. The normalized spacial score (nSPS) is 10.5. The number of hydrogen-bond donors (Lipinski definition) is 1. The van der Waals surface area contributed by atoms with E-state index < -0.39 is 0 Å². The minimum Gasteiger partial charge on any atom is -0.497 e. The zero-order valence-corrected chi connectivity index (χ0v) is 15.7. The molecule has 1 amide bonds. The molecular formula is C19H17FN2O2S2. The molecule has 1 N–H and O–H groups in total. The highest BCUT2D eigenvalue weighted by Crippen LogP contribution is 2.25. The second kappa shape index (κ2) is 8.82. The summed E-state index contributed by atoms with van der Waals surface area (Å²) < 4.78 is 18.2. The van der Waals surface area contributed by atoms with Crippen LogP contribution >= 0.6 is 23.1 Å². The van der Waals surface area contributed by atoms with E-state index >= 15 is 0 Å². The Kier molecular flexibility index (Phi) is 6.25. The highest BCUT2D eigenvalue weighted by molar-refractivity contribution is 7.99. The molecule has 0 spiro atoms. The molecule has 0 aliphatic heterocycles. The van der Waals surface area contributed by atoms with Crippen molar-refractivity contribution in [2.45, 2.75) is 5.75 Å². The number of benzene rings is 2. The number of ether oxygens (including phenoxy) is 1. The monoisotopic (exact) mass is 388 g/mol. The molecule has 1 aromatic heterocycles. The number of carbonyl (C=O) groups is 1. The van der Waals surface area contributed by atoms with Gasteiger partial charge in [-0.1, -0.05) is 12.1 Å². The summed E-state index contributed by atoms with van der Waals surface area (Å²) in [6, 6.07) is 13.9. The Hall–Kier alpha value is -2.38. The summed E-state index contributed by atoms with van der Waals surface area (Å²) in [5.74, 6) is 1.48. The van der Waals surface area contributed by atoms with E-state index in [1.165, 1.54) is 35.2 Å². The molecular weight excluding hydrogens is 371 g/mol. The fraction of sp³-hybridized carbons (Fsp3) is 0.158. The molecule has 7 heteroatoms. The highest BCUT2D eigenvalue weighted by Gasteiger charge is 2.09. The molecule has 2 aromatic carbocycles. The van der Waals surface area contributed by atoms with E-state index in [4.69, 9.17) is 4.74 Å². The number of rotatable bonds is 7. The second-order valence-electron chi connectivity index (χ2n) is 5.44. The van der Waals surface area contributed by atoms with Crippen LogP contribution in [0.15, 0.2) is 53.9 Å². The summed E-state index contributed by atoms with van der Waals surface area (Å²) in [6.07, 6.45) is 0. The van der Waals surface area contributed by atoms with Gasteiger partial charge in [0.25, 0.3) is 0 Å². The first-order valence-corrected chi connectivity index (χ1v) is 9.89. The van der Waals surface area contributed by atoms with Crippen LogP contribution in [0.5, 0.6) is 5.75 Å². The van der Waals surface area contributed by atoms with Crippen LogP contribution in [0.3, 0.4) is 0 Å². The lowest BCUT2D eigenvalue weighted by molar-refractivity contribution is -0.113. The molecule has 0 fully saturated rings. The van der Waals surface area contributed by atoms with E-state index in [0.29, 0.717) is 16.6 Å². The van der Waals surface area contributed by atoms with E-state index in [0.717, 1.165) is 22.6 Å². The van der Waals surface area contributed by atoms with Crippen molar-refractivity contribution in [3.63, 3.8) is 0 Å². The van der Waals surface area contributed by atoms with Crippen molar-refractivity contribution in [2.24, 2.45) is 0 Å². The lowest BCUT2D eigenvalue weighted by Crippen LogP contribution is -2.13. The molecule has 26 heavy (non-hydrogen) atoms. The van der Waals surface area contributed by atoms with Crippen LogP contribution in [0.4, 0.5) is 9.52 Å². The maximum Gasteiger partial charge on any atom is 0.236 e. The topological polar surface area (TPSA) is 51.2 Å². The van der Waals surface area contributed by atoms with Crippen LogP contribution in [0.25, 0.3) is 11.3 Å². The number of aromatic nitrogens is 1. The van der Waals surface area contributed by atoms with Gasteiger partial charge in [0.05, 0.1) is 18.6 Å². The van der Waals surface area contributed by atoms with Gasteiger partial charge in [-0.25, -0.2) is 9.37 Å². The van der Waals surface area contributed by atoms with Crippen molar-refractivity contribution in [1.29, 1.82) is 0 Å². The third kappa shape index (κ3) is 5.06. The van der Waals surface area contributed by atoms with Gasteiger partial charge in [-0.2, -0.15) is 0 Å². The largest absolute Gasteiger partial charge is 0.497 e. The predicted molar refractivity (Wildman–Crippen MR) is 105 cm³/mol. The van der Waals surface area contributed by atoms with Crippen molar-refractivity contribution in [2.75, 3.05) is 18.2 Å². The average Bonchev–Trinajstić information content (AvgIpc) is 3.11. The Bertz CT molecular complexity index is 881. The number of nitrogens with one attached hydrogen (secondary N) is 1. The third-order valence-electron chi connectivity index (χ3n) is 3.53. The number of methoxy groups -OCH3 is 1. The van der Waals surface area contributed by atoms with Gasteiger partial charge in [-0.3, -0.25) is 4.79 Å². The van der Waals surface area contributed by atoms with E-state index in [2.05, 4.69) is 10.3 Å². The number of amides is 1. The molecule has 0 saturated carbocycles. The molecule has 1 heterocycles. The van der Waals surface area contributed by atoms with Gasteiger partial charge in [0.15, 0.2) is 5.13 Å². The van der Waals surface area contributed by atoms with Crippen molar-refractivity contribution in [1.82, 2.24) is 4.98 Å². The molecule has 3 rings (SSSR count). The number of hydrogen-bond acceptors (Lipinski definition) is 5. The summed E-state index contributed by atoms with van der Waals surface area (Å²) >= 11 is 2.87. The fourth-order valence-electron chi connectivity index (χ4n) is 2.26. The zero-order chi connectivity index (χ0) is 18.4. The maximum absolute atomic E-state index is 13.0. The van der Waals surface area contributed by atoms with Crippen LogP contribution in [0, 0.1) is 5.82 Å². The molecule has 0 unspecified atom stereocenters.